The quantitative estimate of drug-likeness (QED) is 0.657. The van der Waals surface area contributed by atoms with Gasteiger partial charge in [0, 0.05) is 5.82 Å². The van der Waals surface area contributed by atoms with E-state index >= 15 is 0 Å². The molecule has 2 bridgehead atoms. The first-order chi connectivity index (χ1) is 8.51. The SMILES string of the molecule is CC1(C)OB(C2CC3CC[C@]2(C)C3(C)C)OC1(C)C. The lowest BCUT2D eigenvalue weighted by atomic mass is 9.54. The molecule has 3 rings (SSSR count). The monoisotopic (exact) mass is 264 g/mol. The van der Waals surface area contributed by atoms with Gasteiger partial charge in [-0.05, 0) is 63.7 Å². The molecule has 3 heteroatoms. The molecule has 1 aliphatic heterocycles. The van der Waals surface area contributed by atoms with Gasteiger partial charge in [-0.1, -0.05) is 20.8 Å². The van der Waals surface area contributed by atoms with Gasteiger partial charge in [-0.25, -0.2) is 0 Å². The van der Waals surface area contributed by atoms with E-state index in [2.05, 4.69) is 48.5 Å². The van der Waals surface area contributed by atoms with E-state index in [0.717, 1.165) is 5.92 Å². The third-order valence-corrected chi connectivity index (χ3v) is 7.46. The van der Waals surface area contributed by atoms with Crippen LogP contribution in [0.25, 0.3) is 0 Å². The maximum atomic E-state index is 6.34. The molecule has 0 aromatic carbocycles. The molecule has 108 valence electrons. The Kier molecular flexibility index (Phi) is 2.64. The summed E-state index contributed by atoms with van der Waals surface area (Å²) in [4.78, 5) is 0. The third kappa shape index (κ3) is 1.58. The van der Waals surface area contributed by atoms with E-state index < -0.39 is 0 Å². The van der Waals surface area contributed by atoms with Gasteiger partial charge in [-0.2, -0.15) is 0 Å². The van der Waals surface area contributed by atoms with Crippen LogP contribution in [0, 0.1) is 16.7 Å². The number of hydrogen-bond acceptors (Lipinski definition) is 2. The van der Waals surface area contributed by atoms with Gasteiger partial charge >= 0.3 is 7.12 Å². The zero-order valence-corrected chi connectivity index (χ0v) is 13.7. The first-order valence-electron chi connectivity index (χ1n) is 7.87. The van der Waals surface area contributed by atoms with Crippen LogP contribution in [0.2, 0.25) is 5.82 Å². The smallest absolute Gasteiger partial charge is 0.403 e. The van der Waals surface area contributed by atoms with E-state index in [1.54, 1.807) is 0 Å². The number of hydrogen-bond donors (Lipinski definition) is 0. The molecule has 2 saturated carbocycles. The van der Waals surface area contributed by atoms with Crippen LogP contribution >= 0.6 is 0 Å². The molecule has 2 unspecified atom stereocenters. The predicted molar refractivity (Wildman–Crippen MR) is 79.1 cm³/mol. The molecule has 0 aromatic heterocycles. The van der Waals surface area contributed by atoms with E-state index in [0.29, 0.717) is 16.6 Å². The number of rotatable bonds is 1. The molecule has 19 heavy (non-hydrogen) atoms. The summed E-state index contributed by atoms with van der Waals surface area (Å²) in [5.74, 6) is 1.41. The Labute approximate surface area is 118 Å². The van der Waals surface area contributed by atoms with Crippen LogP contribution in [-0.4, -0.2) is 18.3 Å². The van der Waals surface area contributed by atoms with E-state index in [1.807, 2.05) is 0 Å². The minimum absolute atomic E-state index is 0.0143. The molecule has 0 amide bonds. The topological polar surface area (TPSA) is 18.5 Å². The highest BCUT2D eigenvalue weighted by atomic mass is 16.7. The molecule has 3 aliphatic rings. The highest BCUT2D eigenvalue weighted by molar-refractivity contribution is 6.48. The molecular formula is C16H29BO2. The van der Waals surface area contributed by atoms with Crippen molar-refractivity contribution >= 4 is 7.12 Å². The zero-order chi connectivity index (χ0) is 14.3. The van der Waals surface area contributed by atoms with Gasteiger partial charge in [0.25, 0.3) is 0 Å². The van der Waals surface area contributed by atoms with Crippen molar-refractivity contribution in [1.29, 1.82) is 0 Å². The summed E-state index contributed by atoms with van der Waals surface area (Å²) in [6, 6.07) is 0. The number of fused-ring (bicyclic) bond motifs is 2. The second kappa shape index (κ2) is 3.60. The predicted octanol–water partition coefficient (Wildman–Crippen LogP) is 4.30. The fourth-order valence-corrected chi connectivity index (χ4v) is 4.73. The Morgan fingerprint density at radius 2 is 1.42 bits per heavy atom. The first kappa shape index (κ1) is 13.9. The highest BCUT2D eigenvalue weighted by Crippen LogP contribution is 2.72. The summed E-state index contributed by atoms with van der Waals surface area (Å²) >= 11 is 0. The van der Waals surface area contributed by atoms with E-state index in [1.165, 1.54) is 19.3 Å². The molecule has 0 N–H and O–H groups in total. The fourth-order valence-electron chi connectivity index (χ4n) is 4.73. The lowest BCUT2D eigenvalue weighted by Crippen LogP contribution is -2.41. The largest absolute Gasteiger partial charge is 0.461 e. The molecule has 2 nitrogen and oxygen atoms in total. The Balaban J connectivity index is 1.87. The van der Waals surface area contributed by atoms with Crippen LogP contribution in [0.3, 0.4) is 0 Å². The first-order valence-corrected chi connectivity index (χ1v) is 7.87. The van der Waals surface area contributed by atoms with Crippen molar-refractivity contribution in [3.05, 3.63) is 0 Å². The summed E-state index contributed by atoms with van der Waals surface area (Å²) in [5, 5.41) is 0. The molecule has 1 saturated heterocycles. The van der Waals surface area contributed by atoms with Gasteiger partial charge in [0.15, 0.2) is 0 Å². The molecular weight excluding hydrogens is 235 g/mol. The van der Waals surface area contributed by atoms with Crippen molar-refractivity contribution in [2.45, 2.75) is 84.7 Å². The zero-order valence-electron chi connectivity index (χ0n) is 13.7. The standard InChI is InChI=1S/C16H29BO2/c1-13(2)11-8-9-16(13,7)12(10-11)17-18-14(3,4)15(5,6)19-17/h11-12H,8-10H2,1-7H3/t11?,12?,16-/m0/s1. The van der Waals surface area contributed by atoms with Gasteiger partial charge in [0.05, 0.1) is 11.2 Å². The van der Waals surface area contributed by atoms with Gasteiger partial charge in [0.2, 0.25) is 0 Å². The Bertz CT molecular complexity index is 386. The van der Waals surface area contributed by atoms with Gasteiger partial charge in [0.1, 0.15) is 0 Å². The molecule has 1 heterocycles. The highest BCUT2D eigenvalue weighted by Gasteiger charge is 2.67. The van der Waals surface area contributed by atoms with E-state index in [-0.39, 0.29) is 18.3 Å². The molecule has 0 aromatic rings. The third-order valence-electron chi connectivity index (χ3n) is 7.46. The summed E-state index contributed by atoms with van der Waals surface area (Å²) in [7, 11) is -0.0143. The molecule has 0 spiro atoms. The lowest BCUT2D eigenvalue weighted by molar-refractivity contribution is 0.00578. The van der Waals surface area contributed by atoms with Crippen LogP contribution < -0.4 is 0 Å². The lowest BCUT2D eigenvalue weighted by Gasteiger charge is -2.40. The maximum absolute atomic E-state index is 6.34. The van der Waals surface area contributed by atoms with Crippen molar-refractivity contribution in [1.82, 2.24) is 0 Å². The van der Waals surface area contributed by atoms with E-state index in [4.69, 9.17) is 9.31 Å². The van der Waals surface area contributed by atoms with Crippen molar-refractivity contribution < 1.29 is 9.31 Å². The van der Waals surface area contributed by atoms with Crippen LogP contribution in [-0.2, 0) is 9.31 Å². The average Bonchev–Trinajstić information content (AvgIpc) is 2.68. The minimum Gasteiger partial charge on any atom is -0.403 e. The van der Waals surface area contributed by atoms with Crippen molar-refractivity contribution in [3.63, 3.8) is 0 Å². The molecule has 0 radical (unpaired) electrons. The average molecular weight is 264 g/mol. The Hall–Kier alpha value is -0.0151. The normalized spacial score (nSPS) is 45.9. The maximum Gasteiger partial charge on any atom is 0.461 e. The Morgan fingerprint density at radius 1 is 0.895 bits per heavy atom. The van der Waals surface area contributed by atoms with Gasteiger partial charge < -0.3 is 9.31 Å². The fraction of sp³-hybridized carbons (Fsp3) is 1.00. The van der Waals surface area contributed by atoms with Crippen molar-refractivity contribution in [2.24, 2.45) is 16.7 Å². The second-order valence-electron chi connectivity index (χ2n) is 8.84. The van der Waals surface area contributed by atoms with Crippen LogP contribution in [0.5, 0.6) is 0 Å². The van der Waals surface area contributed by atoms with Crippen molar-refractivity contribution in [3.8, 4) is 0 Å². The molecule has 3 fully saturated rings. The molecule has 2 aliphatic carbocycles. The van der Waals surface area contributed by atoms with E-state index in [9.17, 15) is 0 Å². The Morgan fingerprint density at radius 3 is 1.79 bits per heavy atom. The summed E-state index contributed by atoms with van der Waals surface area (Å²) in [6.45, 7) is 16.0. The minimum atomic E-state index is -0.194. The van der Waals surface area contributed by atoms with Gasteiger partial charge in [-0.15, -0.1) is 0 Å². The summed E-state index contributed by atoms with van der Waals surface area (Å²) in [5.41, 5.74) is 0.417. The molecule has 3 atom stereocenters. The summed E-state index contributed by atoms with van der Waals surface area (Å²) < 4.78 is 12.7. The second-order valence-corrected chi connectivity index (χ2v) is 8.84. The van der Waals surface area contributed by atoms with Crippen LogP contribution in [0.1, 0.15) is 67.7 Å². The van der Waals surface area contributed by atoms with Gasteiger partial charge in [-0.3, -0.25) is 0 Å². The van der Waals surface area contributed by atoms with Crippen LogP contribution in [0.4, 0.5) is 0 Å². The van der Waals surface area contributed by atoms with Crippen molar-refractivity contribution in [2.75, 3.05) is 0 Å². The van der Waals surface area contributed by atoms with Crippen LogP contribution in [0.15, 0.2) is 0 Å². The summed E-state index contributed by atoms with van der Waals surface area (Å²) in [6.07, 6.45) is 4.00.